The number of ether oxygens (including phenoxy) is 2. The van der Waals surface area contributed by atoms with Crippen molar-refractivity contribution >= 4 is 35.5 Å². The summed E-state index contributed by atoms with van der Waals surface area (Å²) in [6.07, 6.45) is 1.97. The van der Waals surface area contributed by atoms with Gasteiger partial charge in [-0.3, -0.25) is 4.79 Å². The first kappa shape index (κ1) is 23.7. The predicted molar refractivity (Wildman–Crippen MR) is 131 cm³/mol. The molecule has 1 amide bonds. The van der Waals surface area contributed by atoms with Gasteiger partial charge in [-0.2, -0.15) is 5.10 Å². The van der Waals surface area contributed by atoms with E-state index in [1.54, 1.807) is 31.2 Å². The number of hydrogen-bond acceptors (Lipinski definition) is 5. The standard InChI is InChI=1S/C25H25ClN2O3S/c1-18-3-10-22(11-4-18)32-14-13-25(29)28-27-16-20-7-12-23(24(15-20)30-2)31-17-19-5-8-21(26)9-6-19/h3-12,15-16H,13-14,17H2,1-2H3,(H,28,29)/b27-16-. The summed E-state index contributed by atoms with van der Waals surface area (Å²) in [7, 11) is 1.58. The van der Waals surface area contributed by atoms with Crippen molar-refractivity contribution in [3.8, 4) is 11.5 Å². The molecular formula is C25H25ClN2O3S. The second-order valence-electron chi connectivity index (χ2n) is 7.03. The highest BCUT2D eigenvalue weighted by Gasteiger charge is 2.06. The smallest absolute Gasteiger partial charge is 0.240 e. The van der Waals surface area contributed by atoms with E-state index in [9.17, 15) is 4.79 Å². The molecule has 0 fully saturated rings. The Morgan fingerprint density at radius 1 is 1.06 bits per heavy atom. The number of thioether (sulfide) groups is 1. The highest BCUT2D eigenvalue weighted by molar-refractivity contribution is 7.99. The second-order valence-corrected chi connectivity index (χ2v) is 8.63. The lowest BCUT2D eigenvalue weighted by molar-refractivity contribution is -0.120. The van der Waals surface area contributed by atoms with Gasteiger partial charge >= 0.3 is 0 Å². The van der Waals surface area contributed by atoms with Crippen LogP contribution in [0.4, 0.5) is 0 Å². The Morgan fingerprint density at radius 2 is 1.81 bits per heavy atom. The number of benzene rings is 3. The minimum Gasteiger partial charge on any atom is -0.493 e. The van der Waals surface area contributed by atoms with Crippen LogP contribution in [0.2, 0.25) is 5.02 Å². The van der Waals surface area contributed by atoms with Gasteiger partial charge in [-0.25, -0.2) is 5.43 Å². The Hall–Kier alpha value is -2.96. The van der Waals surface area contributed by atoms with E-state index in [1.807, 2.05) is 36.4 Å². The number of hydrazone groups is 1. The van der Waals surface area contributed by atoms with Gasteiger partial charge in [0.1, 0.15) is 6.61 Å². The lowest BCUT2D eigenvalue weighted by atomic mass is 10.2. The molecule has 0 aliphatic carbocycles. The maximum Gasteiger partial charge on any atom is 0.240 e. The number of carbonyl (C=O) groups is 1. The molecule has 0 aliphatic rings. The van der Waals surface area contributed by atoms with Crippen molar-refractivity contribution < 1.29 is 14.3 Å². The highest BCUT2D eigenvalue weighted by Crippen LogP contribution is 2.28. The van der Waals surface area contributed by atoms with Crippen molar-refractivity contribution in [2.75, 3.05) is 12.9 Å². The van der Waals surface area contributed by atoms with E-state index < -0.39 is 0 Å². The average molecular weight is 469 g/mol. The lowest BCUT2D eigenvalue weighted by Crippen LogP contribution is -2.17. The third-order valence-corrected chi connectivity index (χ3v) is 5.78. The number of aryl methyl sites for hydroxylation is 1. The molecule has 0 aromatic heterocycles. The van der Waals surface area contributed by atoms with Crippen LogP contribution in [0.3, 0.4) is 0 Å². The van der Waals surface area contributed by atoms with E-state index in [1.165, 1.54) is 5.56 Å². The van der Waals surface area contributed by atoms with Crippen LogP contribution >= 0.6 is 23.4 Å². The molecule has 0 unspecified atom stereocenters. The summed E-state index contributed by atoms with van der Waals surface area (Å²) in [5, 5.41) is 4.73. The molecule has 0 radical (unpaired) electrons. The fourth-order valence-corrected chi connectivity index (χ4v) is 3.73. The zero-order valence-corrected chi connectivity index (χ0v) is 19.6. The molecule has 0 aliphatic heterocycles. The van der Waals surface area contributed by atoms with Gasteiger partial charge in [0.25, 0.3) is 0 Å². The average Bonchev–Trinajstić information content (AvgIpc) is 2.80. The summed E-state index contributed by atoms with van der Waals surface area (Å²) in [6, 6.07) is 21.2. The number of rotatable bonds is 10. The summed E-state index contributed by atoms with van der Waals surface area (Å²) in [6.45, 7) is 2.45. The maximum absolute atomic E-state index is 12.0. The van der Waals surface area contributed by atoms with Gasteiger partial charge in [0, 0.05) is 22.1 Å². The first-order valence-electron chi connectivity index (χ1n) is 10.1. The molecule has 32 heavy (non-hydrogen) atoms. The zero-order chi connectivity index (χ0) is 22.8. The van der Waals surface area contributed by atoms with E-state index in [0.717, 1.165) is 16.0 Å². The Morgan fingerprint density at radius 3 is 2.53 bits per heavy atom. The molecule has 0 atom stereocenters. The molecule has 3 rings (SSSR count). The van der Waals surface area contributed by atoms with Crippen molar-refractivity contribution in [2.24, 2.45) is 5.10 Å². The van der Waals surface area contributed by atoms with Crippen LogP contribution in [0.25, 0.3) is 0 Å². The molecule has 166 valence electrons. The fourth-order valence-electron chi connectivity index (χ4n) is 2.76. The van der Waals surface area contributed by atoms with Crippen molar-refractivity contribution in [1.29, 1.82) is 0 Å². The van der Waals surface area contributed by atoms with Crippen LogP contribution < -0.4 is 14.9 Å². The van der Waals surface area contributed by atoms with Gasteiger partial charge < -0.3 is 9.47 Å². The monoisotopic (exact) mass is 468 g/mol. The molecule has 5 nitrogen and oxygen atoms in total. The Bertz CT molecular complexity index is 1050. The van der Waals surface area contributed by atoms with Crippen molar-refractivity contribution in [3.05, 3.63) is 88.4 Å². The minimum absolute atomic E-state index is 0.129. The van der Waals surface area contributed by atoms with Crippen LogP contribution in [-0.4, -0.2) is 25.0 Å². The van der Waals surface area contributed by atoms with Gasteiger partial charge in [-0.05, 0) is 60.5 Å². The van der Waals surface area contributed by atoms with E-state index in [-0.39, 0.29) is 5.91 Å². The van der Waals surface area contributed by atoms with Crippen LogP contribution in [0, 0.1) is 6.92 Å². The predicted octanol–water partition coefficient (Wildman–Crippen LogP) is 5.87. The Labute approximate surface area is 197 Å². The molecule has 0 heterocycles. The fraction of sp³-hybridized carbons (Fsp3) is 0.200. The quantitative estimate of drug-likeness (QED) is 0.230. The molecule has 3 aromatic rings. The largest absolute Gasteiger partial charge is 0.493 e. The Kier molecular flexibility index (Phi) is 9.01. The SMILES string of the molecule is COc1cc(/C=N\NC(=O)CCSc2ccc(C)cc2)ccc1OCc1ccc(Cl)cc1. The normalized spacial score (nSPS) is 10.8. The second kappa shape index (κ2) is 12.2. The topological polar surface area (TPSA) is 59.9 Å². The summed E-state index contributed by atoms with van der Waals surface area (Å²) in [5.41, 5.74) is 5.58. The Balaban J connectivity index is 1.46. The van der Waals surface area contributed by atoms with Crippen molar-refractivity contribution in [1.82, 2.24) is 5.43 Å². The van der Waals surface area contributed by atoms with E-state index >= 15 is 0 Å². The summed E-state index contributed by atoms with van der Waals surface area (Å²) in [4.78, 5) is 13.2. The van der Waals surface area contributed by atoms with Crippen molar-refractivity contribution in [3.63, 3.8) is 0 Å². The van der Waals surface area contributed by atoms with Gasteiger partial charge in [0.05, 0.1) is 13.3 Å². The number of hydrogen-bond donors (Lipinski definition) is 1. The lowest BCUT2D eigenvalue weighted by Gasteiger charge is -2.11. The maximum atomic E-state index is 12.0. The third-order valence-electron chi connectivity index (χ3n) is 4.52. The number of nitrogens with zero attached hydrogens (tertiary/aromatic N) is 1. The van der Waals surface area contributed by atoms with E-state index in [4.69, 9.17) is 21.1 Å². The molecule has 7 heteroatoms. The van der Waals surface area contributed by atoms with Crippen LogP contribution in [0.1, 0.15) is 23.1 Å². The van der Waals surface area contributed by atoms with Crippen LogP contribution in [0.15, 0.2) is 76.7 Å². The number of nitrogens with one attached hydrogen (secondary N) is 1. The van der Waals surface area contributed by atoms with Gasteiger partial charge in [0.15, 0.2) is 11.5 Å². The molecule has 0 saturated carbocycles. The molecule has 0 bridgehead atoms. The molecular weight excluding hydrogens is 444 g/mol. The first-order chi connectivity index (χ1) is 15.5. The van der Waals surface area contributed by atoms with Gasteiger partial charge in [-0.15, -0.1) is 11.8 Å². The van der Waals surface area contributed by atoms with Crippen molar-refractivity contribution in [2.45, 2.75) is 24.8 Å². The molecule has 0 saturated heterocycles. The third kappa shape index (κ3) is 7.62. The summed E-state index contributed by atoms with van der Waals surface area (Å²) < 4.78 is 11.3. The first-order valence-corrected chi connectivity index (χ1v) is 11.5. The number of methoxy groups -OCH3 is 1. The zero-order valence-electron chi connectivity index (χ0n) is 18.0. The number of halogens is 1. The van der Waals surface area contributed by atoms with Crippen LogP contribution in [-0.2, 0) is 11.4 Å². The highest BCUT2D eigenvalue weighted by atomic mass is 35.5. The summed E-state index contributed by atoms with van der Waals surface area (Å²) >= 11 is 7.56. The van der Waals surface area contributed by atoms with Gasteiger partial charge in [0.2, 0.25) is 5.91 Å². The van der Waals surface area contributed by atoms with E-state index in [2.05, 4.69) is 41.7 Å². The van der Waals surface area contributed by atoms with Gasteiger partial charge in [-0.1, -0.05) is 41.4 Å². The van der Waals surface area contributed by atoms with E-state index in [0.29, 0.717) is 35.3 Å². The number of amides is 1. The molecule has 0 spiro atoms. The minimum atomic E-state index is -0.129. The number of carbonyl (C=O) groups excluding carboxylic acids is 1. The molecule has 3 aromatic carbocycles. The molecule has 1 N–H and O–H groups in total. The van der Waals surface area contributed by atoms with Crippen LogP contribution in [0.5, 0.6) is 11.5 Å². The summed E-state index contributed by atoms with van der Waals surface area (Å²) in [5.74, 6) is 1.77.